The third-order valence-corrected chi connectivity index (χ3v) is 4.75. The molecule has 0 atom stereocenters. The minimum atomic E-state index is -4.43. The van der Waals surface area contributed by atoms with Gasteiger partial charge in [0.15, 0.2) is 12.6 Å². The van der Waals surface area contributed by atoms with Crippen LogP contribution in [0.25, 0.3) is 0 Å². The predicted octanol–water partition coefficient (Wildman–Crippen LogP) is 3.27. The Hall–Kier alpha value is -2.03. The number of nitrogens with one attached hydrogen (secondary N) is 2. The van der Waals surface area contributed by atoms with Crippen molar-refractivity contribution in [3.8, 4) is 5.88 Å². The molecule has 0 aromatic carbocycles. The summed E-state index contributed by atoms with van der Waals surface area (Å²) in [6, 6.07) is 3.27. The lowest BCUT2D eigenvalue weighted by atomic mass is 9.79. The Labute approximate surface area is 164 Å². The maximum atomic E-state index is 12.4. The van der Waals surface area contributed by atoms with E-state index in [1.165, 1.54) is 6.20 Å². The summed E-state index contributed by atoms with van der Waals surface area (Å²) >= 11 is 0. The molecule has 6 nitrogen and oxygen atoms in total. The van der Waals surface area contributed by atoms with E-state index in [9.17, 15) is 18.3 Å². The Bertz CT molecular complexity index is 605. The highest BCUT2D eigenvalue weighted by Crippen LogP contribution is 2.29. The van der Waals surface area contributed by atoms with E-state index >= 15 is 0 Å². The summed E-state index contributed by atoms with van der Waals surface area (Å²) in [5.41, 5.74) is 0.428. The maximum absolute atomic E-state index is 12.4. The summed E-state index contributed by atoms with van der Waals surface area (Å²) in [7, 11) is 0. The van der Waals surface area contributed by atoms with Gasteiger partial charge >= 0.3 is 6.18 Å². The van der Waals surface area contributed by atoms with Crippen LogP contribution in [0.3, 0.4) is 0 Å². The van der Waals surface area contributed by atoms with Gasteiger partial charge in [0.05, 0.1) is 6.54 Å². The molecule has 0 aliphatic heterocycles. The summed E-state index contributed by atoms with van der Waals surface area (Å²) in [4.78, 5) is 8.33. The number of rotatable bonds is 11. The molecule has 1 heterocycles. The van der Waals surface area contributed by atoms with Crippen LogP contribution in [0.4, 0.5) is 13.2 Å². The van der Waals surface area contributed by atoms with E-state index in [1.54, 1.807) is 12.1 Å². The summed E-state index contributed by atoms with van der Waals surface area (Å²) in [6.45, 7) is 6.23. The summed E-state index contributed by atoms with van der Waals surface area (Å²) in [5.74, 6) is 0.480. The molecule has 160 valence electrons. The Morgan fingerprint density at radius 3 is 2.50 bits per heavy atom. The lowest BCUT2D eigenvalue weighted by Gasteiger charge is -2.32. The number of hydrogen-bond acceptors (Lipinski definition) is 4. The van der Waals surface area contributed by atoms with Gasteiger partial charge in [0, 0.05) is 31.5 Å². The van der Waals surface area contributed by atoms with Gasteiger partial charge in [0.2, 0.25) is 5.88 Å². The van der Waals surface area contributed by atoms with Crippen molar-refractivity contribution in [2.75, 3.05) is 26.3 Å². The number of aliphatic hydroxyl groups excluding tert-OH is 1. The highest BCUT2D eigenvalue weighted by Gasteiger charge is 2.29. The number of hydrogen-bond donors (Lipinski definition) is 3. The molecule has 0 aliphatic rings. The largest absolute Gasteiger partial charge is 0.468 e. The summed E-state index contributed by atoms with van der Waals surface area (Å²) < 4.78 is 42.0. The zero-order valence-electron chi connectivity index (χ0n) is 16.8. The van der Waals surface area contributed by atoms with Crippen LogP contribution in [0.2, 0.25) is 0 Å². The van der Waals surface area contributed by atoms with Gasteiger partial charge in [-0.25, -0.2) is 9.98 Å². The minimum absolute atomic E-state index is 0.0414. The van der Waals surface area contributed by atoms with Gasteiger partial charge in [0.25, 0.3) is 0 Å². The molecule has 0 aliphatic carbocycles. The van der Waals surface area contributed by atoms with Crippen LogP contribution < -0.4 is 15.4 Å². The number of halogens is 3. The van der Waals surface area contributed by atoms with Gasteiger partial charge in [-0.15, -0.1) is 0 Å². The van der Waals surface area contributed by atoms with Crippen molar-refractivity contribution >= 4 is 5.96 Å². The summed E-state index contributed by atoms with van der Waals surface area (Å²) in [5, 5.41) is 15.8. The molecule has 0 spiro atoms. The molecule has 1 aromatic rings. The molecule has 0 saturated carbocycles. The quantitative estimate of drug-likeness (QED) is 0.390. The third kappa shape index (κ3) is 8.33. The van der Waals surface area contributed by atoms with E-state index in [1.807, 2.05) is 6.92 Å². The predicted molar refractivity (Wildman–Crippen MR) is 103 cm³/mol. The first-order chi connectivity index (χ1) is 13.3. The first-order valence-corrected chi connectivity index (χ1v) is 9.55. The fraction of sp³-hybridized carbons (Fsp3) is 0.684. The van der Waals surface area contributed by atoms with Crippen molar-refractivity contribution in [3.05, 3.63) is 23.9 Å². The molecule has 1 rings (SSSR count). The third-order valence-electron chi connectivity index (χ3n) is 4.75. The molecule has 9 heteroatoms. The van der Waals surface area contributed by atoms with Crippen molar-refractivity contribution < 1.29 is 23.0 Å². The van der Waals surface area contributed by atoms with Gasteiger partial charge in [-0.3, -0.25) is 0 Å². The number of aromatic nitrogens is 1. The van der Waals surface area contributed by atoms with Gasteiger partial charge in [-0.1, -0.05) is 19.9 Å². The van der Waals surface area contributed by atoms with Crippen molar-refractivity contribution in [1.82, 2.24) is 15.6 Å². The second-order valence-electron chi connectivity index (χ2n) is 6.60. The lowest BCUT2D eigenvalue weighted by molar-refractivity contribution is -0.154. The highest BCUT2D eigenvalue weighted by molar-refractivity contribution is 5.79. The van der Waals surface area contributed by atoms with E-state index < -0.39 is 12.8 Å². The van der Waals surface area contributed by atoms with Gasteiger partial charge < -0.3 is 20.5 Å². The van der Waals surface area contributed by atoms with Crippen LogP contribution in [-0.4, -0.2) is 48.5 Å². The Kier molecular flexibility index (Phi) is 10.1. The number of aliphatic imine (C=N–C) groups is 1. The van der Waals surface area contributed by atoms with E-state index in [4.69, 9.17) is 4.74 Å². The Balaban J connectivity index is 2.84. The molecule has 28 heavy (non-hydrogen) atoms. The topological polar surface area (TPSA) is 78.8 Å². The molecule has 0 unspecified atom stereocenters. The van der Waals surface area contributed by atoms with E-state index in [2.05, 4.69) is 34.5 Å². The average molecular weight is 404 g/mol. The number of alkyl halides is 3. The van der Waals surface area contributed by atoms with E-state index in [-0.39, 0.29) is 24.4 Å². The molecule has 0 amide bonds. The van der Waals surface area contributed by atoms with Crippen molar-refractivity contribution in [2.45, 2.75) is 52.8 Å². The highest BCUT2D eigenvalue weighted by atomic mass is 19.4. The second kappa shape index (κ2) is 11.7. The first-order valence-electron chi connectivity index (χ1n) is 9.55. The maximum Gasteiger partial charge on any atom is 0.422 e. The van der Waals surface area contributed by atoms with Crippen LogP contribution in [0.5, 0.6) is 5.88 Å². The van der Waals surface area contributed by atoms with E-state index in [0.29, 0.717) is 31.0 Å². The number of ether oxygens (including phenoxy) is 1. The molecule has 3 N–H and O–H groups in total. The summed E-state index contributed by atoms with van der Waals surface area (Å²) in [6.07, 6.45) is -0.535. The zero-order chi connectivity index (χ0) is 21.0. The van der Waals surface area contributed by atoms with E-state index in [0.717, 1.165) is 12.8 Å². The molecule has 1 aromatic heterocycles. The molecular weight excluding hydrogens is 373 g/mol. The van der Waals surface area contributed by atoms with Crippen LogP contribution in [0, 0.1) is 5.41 Å². The SMILES string of the molecule is CCNC(=NCc1cccnc1OCC(F)(F)F)NCC(CC)(CC)CCO. The van der Waals surface area contributed by atoms with Crippen molar-refractivity contribution in [2.24, 2.45) is 10.4 Å². The van der Waals surface area contributed by atoms with Crippen LogP contribution in [0.15, 0.2) is 23.3 Å². The zero-order valence-corrected chi connectivity index (χ0v) is 16.8. The van der Waals surface area contributed by atoms with Gasteiger partial charge in [-0.2, -0.15) is 13.2 Å². The Morgan fingerprint density at radius 1 is 1.21 bits per heavy atom. The average Bonchev–Trinajstić information content (AvgIpc) is 2.67. The minimum Gasteiger partial charge on any atom is -0.468 e. The molecule has 0 bridgehead atoms. The second-order valence-corrected chi connectivity index (χ2v) is 6.60. The number of guanidine groups is 1. The van der Waals surface area contributed by atoms with Crippen molar-refractivity contribution in [1.29, 1.82) is 0 Å². The smallest absolute Gasteiger partial charge is 0.422 e. The number of aliphatic hydroxyl groups is 1. The first kappa shape index (κ1) is 24.0. The lowest BCUT2D eigenvalue weighted by Crippen LogP contribution is -2.43. The van der Waals surface area contributed by atoms with Crippen LogP contribution >= 0.6 is 0 Å². The molecular formula is C19H31F3N4O2. The molecule has 0 radical (unpaired) electrons. The number of nitrogens with zero attached hydrogens (tertiary/aromatic N) is 2. The molecule has 0 saturated heterocycles. The van der Waals surface area contributed by atoms with Crippen molar-refractivity contribution in [3.63, 3.8) is 0 Å². The molecule has 0 fully saturated rings. The van der Waals surface area contributed by atoms with Gasteiger partial charge in [-0.05, 0) is 37.7 Å². The normalized spacial score (nSPS) is 12.8. The fourth-order valence-corrected chi connectivity index (χ4v) is 2.78. The fourth-order valence-electron chi connectivity index (χ4n) is 2.78. The number of pyridine rings is 1. The monoisotopic (exact) mass is 404 g/mol. The van der Waals surface area contributed by atoms with Crippen LogP contribution in [-0.2, 0) is 6.54 Å². The van der Waals surface area contributed by atoms with Gasteiger partial charge in [0.1, 0.15) is 0 Å². The van der Waals surface area contributed by atoms with Crippen LogP contribution in [0.1, 0.15) is 45.6 Å². The standard InChI is InChI=1S/C19H31F3N4O2/c1-4-18(5-2,9-11-27)13-26-17(23-6-3)25-12-15-8-7-10-24-16(15)28-14-19(20,21)22/h7-8,10,27H,4-6,9,11-14H2,1-3H3,(H2,23,25,26). The Morgan fingerprint density at radius 2 is 1.93 bits per heavy atom.